The van der Waals surface area contributed by atoms with Gasteiger partial charge in [0.25, 0.3) is 0 Å². The molecule has 0 unspecified atom stereocenters. The number of para-hydroxylation sites is 1. The van der Waals surface area contributed by atoms with E-state index in [0.717, 1.165) is 0 Å². The van der Waals surface area contributed by atoms with Gasteiger partial charge in [0.2, 0.25) is 10.0 Å². The van der Waals surface area contributed by atoms with Crippen LogP contribution < -0.4 is 11.1 Å². The first kappa shape index (κ1) is 14.3. The molecule has 0 heterocycles. The third kappa shape index (κ3) is 3.35. The molecule has 0 amide bonds. The number of sulfonamides is 1. The molecule has 0 aliphatic rings. The lowest BCUT2D eigenvalue weighted by atomic mass is 10.1. The van der Waals surface area contributed by atoms with Gasteiger partial charge in [-0.05, 0) is 12.1 Å². The molecule has 3 N–H and O–H groups in total. The van der Waals surface area contributed by atoms with Gasteiger partial charge < -0.3 is 11.1 Å². The number of nitrogens with two attached hydrogens (primary N) is 1. The van der Waals surface area contributed by atoms with E-state index in [1.165, 1.54) is 18.4 Å². The Kier molecular flexibility index (Phi) is 4.53. The number of nitrogens with zero attached hydrogens (tertiary/aromatic N) is 2. The van der Waals surface area contributed by atoms with Gasteiger partial charge in [0.05, 0.1) is 22.7 Å². The van der Waals surface area contributed by atoms with Crippen molar-refractivity contribution >= 4 is 21.4 Å². The maximum Gasteiger partial charge on any atom is 0.215 e. The van der Waals surface area contributed by atoms with E-state index in [-0.39, 0.29) is 12.3 Å². The summed E-state index contributed by atoms with van der Waals surface area (Å²) in [6.07, 6.45) is 0. The molecule has 7 heteroatoms. The Morgan fingerprint density at radius 3 is 2.67 bits per heavy atom. The van der Waals surface area contributed by atoms with Gasteiger partial charge in [-0.15, -0.1) is 0 Å². The molecule has 1 aromatic carbocycles. The van der Waals surface area contributed by atoms with E-state index in [1.807, 2.05) is 6.07 Å². The second-order valence-corrected chi connectivity index (χ2v) is 6.21. The number of hydrogen-bond acceptors (Lipinski definition) is 5. The molecular weight excluding hydrogens is 252 g/mol. The van der Waals surface area contributed by atoms with Crippen LogP contribution in [0.15, 0.2) is 18.2 Å². The van der Waals surface area contributed by atoms with Crippen LogP contribution in [-0.2, 0) is 10.0 Å². The predicted molar refractivity (Wildman–Crippen MR) is 71.5 cm³/mol. The van der Waals surface area contributed by atoms with Crippen molar-refractivity contribution in [1.82, 2.24) is 4.31 Å². The maximum atomic E-state index is 11.5. The van der Waals surface area contributed by atoms with E-state index in [4.69, 9.17) is 11.0 Å². The lowest BCUT2D eigenvalue weighted by Crippen LogP contribution is -2.28. The summed E-state index contributed by atoms with van der Waals surface area (Å²) in [4.78, 5) is 0. The quantitative estimate of drug-likeness (QED) is 0.755. The molecule has 0 aliphatic heterocycles. The number of nitriles is 1. The fourth-order valence-electron chi connectivity index (χ4n) is 1.31. The van der Waals surface area contributed by atoms with E-state index in [9.17, 15) is 8.42 Å². The largest absolute Gasteiger partial charge is 0.396 e. The summed E-state index contributed by atoms with van der Waals surface area (Å²) in [5, 5.41) is 11.7. The summed E-state index contributed by atoms with van der Waals surface area (Å²) in [5.74, 6) is -0.0315. The highest BCUT2D eigenvalue weighted by molar-refractivity contribution is 7.89. The summed E-state index contributed by atoms with van der Waals surface area (Å²) in [5.41, 5.74) is 7.04. The molecule has 0 aliphatic carbocycles. The third-order valence-electron chi connectivity index (χ3n) is 2.46. The topological polar surface area (TPSA) is 99.2 Å². The summed E-state index contributed by atoms with van der Waals surface area (Å²) in [6.45, 7) is 0.236. The van der Waals surface area contributed by atoms with Crippen LogP contribution in [-0.4, -0.2) is 39.1 Å². The molecule has 0 fully saturated rings. The number of hydrogen-bond donors (Lipinski definition) is 2. The Bertz CT molecular complexity index is 561. The van der Waals surface area contributed by atoms with Crippen molar-refractivity contribution in [1.29, 1.82) is 5.26 Å². The number of rotatable bonds is 5. The summed E-state index contributed by atoms with van der Waals surface area (Å²) < 4.78 is 24.2. The standard InChI is InChI=1S/C11H16N4O2S/c1-15(2)18(16,17)7-6-14-10-5-3-4-9(8-12)11(10)13/h3-5,14H,6-7,13H2,1-2H3. The third-order valence-corrected chi connectivity index (χ3v) is 4.29. The molecule has 0 bridgehead atoms. The van der Waals surface area contributed by atoms with Crippen LogP contribution in [0.1, 0.15) is 5.56 Å². The van der Waals surface area contributed by atoms with Gasteiger partial charge in [0, 0.05) is 20.6 Å². The average Bonchev–Trinajstić information content (AvgIpc) is 2.31. The van der Waals surface area contributed by atoms with E-state index < -0.39 is 10.0 Å². The molecule has 0 atom stereocenters. The SMILES string of the molecule is CN(C)S(=O)(=O)CCNc1cccc(C#N)c1N. The molecule has 18 heavy (non-hydrogen) atoms. The van der Waals surface area contributed by atoms with Crippen LogP contribution in [0.25, 0.3) is 0 Å². The van der Waals surface area contributed by atoms with Gasteiger partial charge in [0.15, 0.2) is 0 Å². The molecule has 0 saturated heterocycles. The maximum absolute atomic E-state index is 11.5. The van der Waals surface area contributed by atoms with E-state index in [0.29, 0.717) is 16.9 Å². The van der Waals surface area contributed by atoms with Crippen molar-refractivity contribution in [2.75, 3.05) is 37.4 Å². The molecule has 0 radical (unpaired) electrons. The average molecular weight is 268 g/mol. The Hall–Kier alpha value is -1.78. The first-order valence-electron chi connectivity index (χ1n) is 5.31. The Labute approximate surface area is 107 Å². The Morgan fingerprint density at radius 2 is 2.11 bits per heavy atom. The number of benzene rings is 1. The number of nitrogens with one attached hydrogen (secondary N) is 1. The van der Waals surface area contributed by atoms with Crippen LogP contribution in [0.2, 0.25) is 0 Å². The fourth-order valence-corrected chi connectivity index (χ4v) is 2.04. The van der Waals surface area contributed by atoms with E-state index >= 15 is 0 Å². The Morgan fingerprint density at radius 1 is 1.44 bits per heavy atom. The highest BCUT2D eigenvalue weighted by atomic mass is 32.2. The van der Waals surface area contributed by atoms with E-state index in [1.54, 1.807) is 18.2 Å². The van der Waals surface area contributed by atoms with Gasteiger partial charge in [-0.3, -0.25) is 0 Å². The molecule has 1 rings (SSSR count). The minimum absolute atomic E-state index is 0.0315. The molecule has 98 valence electrons. The highest BCUT2D eigenvalue weighted by Crippen LogP contribution is 2.21. The minimum Gasteiger partial charge on any atom is -0.396 e. The molecule has 0 aromatic heterocycles. The second-order valence-electron chi connectivity index (χ2n) is 3.90. The predicted octanol–water partition coefficient (Wildman–Crippen LogP) is 0.444. The zero-order valence-electron chi connectivity index (χ0n) is 10.3. The molecular formula is C11H16N4O2S. The first-order chi connectivity index (χ1) is 8.38. The summed E-state index contributed by atoms with van der Waals surface area (Å²) >= 11 is 0. The lowest BCUT2D eigenvalue weighted by molar-refractivity contribution is 0.521. The van der Waals surface area contributed by atoms with Crippen LogP contribution in [0, 0.1) is 11.3 Å². The monoisotopic (exact) mass is 268 g/mol. The van der Waals surface area contributed by atoms with Crippen molar-refractivity contribution in [2.24, 2.45) is 0 Å². The minimum atomic E-state index is -3.23. The van der Waals surface area contributed by atoms with E-state index in [2.05, 4.69) is 5.32 Å². The van der Waals surface area contributed by atoms with Gasteiger partial charge in [-0.1, -0.05) is 6.07 Å². The van der Waals surface area contributed by atoms with Crippen LogP contribution >= 0.6 is 0 Å². The fraction of sp³-hybridized carbons (Fsp3) is 0.364. The van der Waals surface area contributed by atoms with Gasteiger partial charge >= 0.3 is 0 Å². The van der Waals surface area contributed by atoms with Crippen LogP contribution in [0.4, 0.5) is 11.4 Å². The van der Waals surface area contributed by atoms with Gasteiger partial charge in [-0.2, -0.15) is 5.26 Å². The number of anilines is 2. The molecule has 0 spiro atoms. The smallest absolute Gasteiger partial charge is 0.215 e. The Balaban J connectivity index is 2.69. The highest BCUT2D eigenvalue weighted by Gasteiger charge is 2.13. The molecule has 1 aromatic rings. The zero-order valence-corrected chi connectivity index (χ0v) is 11.2. The van der Waals surface area contributed by atoms with Crippen molar-refractivity contribution in [3.8, 4) is 6.07 Å². The lowest BCUT2D eigenvalue weighted by Gasteiger charge is -2.13. The van der Waals surface area contributed by atoms with Crippen molar-refractivity contribution in [3.63, 3.8) is 0 Å². The number of nitrogen functional groups attached to an aromatic ring is 1. The zero-order chi connectivity index (χ0) is 13.8. The van der Waals surface area contributed by atoms with Crippen LogP contribution in [0.3, 0.4) is 0 Å². The van der Waals surface area contributed by atoms with Gasteiger partial charge in [0.1, 0.15) is 6.07 Å². The van der Waals surface area contributed by atoms with Crippen molar-refractivity contribution < 1.29 is 8.42 Å². The van der Waals surface area contributed by atoms with Crippen LogP contribution in [0.5, 0.6) is 0 Å². The second kappa shape index (κ2) is 5.71. The molecule has 6 nitrogen and oxygen atoms in total. The molecule has 0 saturated carbocycles. The first-order valence-corrected chi connectivity index (χ1v) is 6.92. The van der Waals surface area contributed by atoms with Crippen molar-refractivity contribution in [2.45, 2.75) is 0 Å². The summed E-state index contributed by atoms with van der Waals surface area (Å²) in [6, 6.07) is 6.98. The normalized spacial score (nSPS) is 11.2. The van der Waals surface area contributed by atoms with Crippen molar-refractivity contribution in [3.05, 3.63) is 23.8 Å². The summed E-state index contributed by atoms with van der Waals surface area (Å²) in [7, 11) is -0.260. The van der Waals surface area contributed by atoms with Gasteiger partial charge in [-0.25, -0.2) is 12.7 Å².